The molecule has 0 saturated heterocycles. The van der Waals surface area contributed by atoms with E-state index in [-0.39, 0.29) is 0 Å². The summed E-state index contributed by atoms with van der Waals surface area (Å²) < 4.78 is 5.05. The molecule has 0 radical (unpaired) electrons. The lowest BCUT2D eigenvalue weighted by Gasteiger charge is -2.34. The molecule has 4 heteroatoms. The van der Waals surface area contributed by atoms with Crippen molar-refractivity contribution in [1.82, 2.24) is 10.2 Å². The van der Waals surface area contributed by atoms with Crippen LogP contribution in [0.2, 0.25) is 0 Å². The van der Waals surface area contributed by atoms with Gasteiger partial charge >= 0.3 is 0 Å². The average molecular weight is 242 g/mol. The minimum atomic E-state index is 0.408. The van der Waals surface area contributed by atoms with Gasteiger partial charge in [0.1, 0.15) is 0 Å². The molecule has 0 bridgehead atoms. The van der Waals surface area contributed by atoms with Crippen LogP contribution in [0.25, 0.3) is 0 Å². The van der Waals surface area contributed by atoms with Crippen molar-refractivity contribution in [1.29, 1.82) is 0 Å². The molecule has 1 fully saturated rings. The van der Waals surface area contributed by atoms with E-state index >= 15 is 0 Å². The predicted molar refractivity (Wildman–Crippen MR) is 69.0 cm³/mol. The summed E-state index contributed by atoms with van der Waals surface area (Å²) in [6.07, 6.45) is 7.81. The van der Waals surface area contributed by atoms with Gasteiger partial charge in [-0.15, -0.1) is 0 Å². The van der Waals surface area contributed by atoms with Gasteiger partial charge in [0.25, 0.3) is 0 Å². The molecule has 1 N–H and O–H groups in total. The predicted octanol–water partition coefficient (Wildman–Crippen LogP) is 1.40. The van der Waals surface area contributed by atoms with Crippen LogP contribution in [0.15, 0.2) is 0 Å². The van der Waals surface area contributed by atoms with Crippen molar-refractivity contribution in [2.24, 2.45) is 0 Å². The van der Waals surface area contributed by atoms with Gasteiger partial charge in [0.05, 0.1) is 0 Å². The van der Waals surface area contributed by atoms with Gasteiger partial charge in [0.15, 0.2) is 0 Å². The van der Waals surface area contributed by atoms with Crippen molar-refractivity contribution >= 4 is 6.41 Å². The summed E-state index contributed by atoms with van der Waals surface area (Å²) in [6, 6.07) is 1.10. The van der Waals surface area contributed by atoms with Crippen molar-refractivity contribution in [3.8, 4) is 0 Å². The summed E-state index contributed by atoms with van der Waals surface area (Å²) in [5, 5.41) is 2.89. The van der Waals surface area contributed by atoms with Crippen LogP contribution in [0.1, 0.15) is 38.5 Å². The van der Waals surface area contributed by atoms with Crippen molar-refractivity contribution in [2.45, 2.75) is 50.6 Å². The summed E-state index contributed by atoms with van der Waals surface area (Å²) in [4.78, 5) is 12.8. The van der Waals surface area contributed by atoms with Crippen LogP contribution >= 0.6 is 0 Å². The normalized spacial score (nSPS) is 24.9. The standard InChI is InChI=1S/C13H26N2O2/c1-15(9-3-4-10-17-2)13-7-5-12(6-8-13)14-11-16/h11-13H,3-10H2,1-2H3,(H,14,16). The molecule has 0 atom stereocenters. The average Bonchev–Trinajstić information content (AvgIpc) is 2.36. The fourth-order valence-electron chi connectivity index (χ4n) is 2.57. The second-order valence-electron chi connectivity index (χ2n) is 4.97. The Morgan fingerprint density at radius 1 is 1.29 bits per heavy atom. The van der Waals surface area contributed by atoms with Gasteiger partial charge in [0, 0.05) is 25.8 Å². The molecule has 0 spiro atoms. The Kier molecular flexibility index (Phi) is 7.21. The van der Waals surface area contributed by atoms with E-state index in [4.69, 9.17) is 4.74 Å². The molecule has 100 valence electrons. The fraction of sp³-hybridized carbons (Fsp3) is 0.923. The van der Waals surface area contributed by atoms with Gasteiger partial charge in [0.2, 0.25) is 6.41 Å². The smallest absolute Gasteiger partial charge is 0.207 e. The number of nitrogens with one attached hydrogen (secondary N) is 1. The van der Waals surface area contributed by atoms with Crippen molar-refractivity contribution in [3.05, 3.63) is 0 Å². The molecule has 0 aromatic heterocycles. The molecule has 1 rings (SSSR count). The van der Waals surface area contributed by atoms with Crippen molar-refractivity contribution in [2.75, 3.05) is 27.3 Å². The van der Waals surface area contributed by atoms with Gasteiger partial charge in [-0.05, 0) is 52.1 Å². The number of nitrogens with zero attached hydrogens (tertiary/aromatic N) is 1. The lowest BCUT2D eigenvalue weighted by molar-refractivity contribution is -0.110. The summed E-state index contributed by atoms with van der Waals surface area (Å²) in [7, 11) is 3.97. The number of amides is 1. The third-order valence-electron chi connectivity index (χ3n) is 3.73. The number of hydrogen-bond acceptors (Lipinski definition) is 3. The summed E-state index contributed by atoms with van der Waals surface area (Å²) >= 11 is 0. The van der Waals surface area contributed by atoms with E-state index in [1.54, 1.807) is 7.11 Å². The fourth-order valence-corrected chi connectivity index (χ4v) is 2.57. The van der Waals surface area contributed by atoms with Gasteiger partial charge in [-0.2, -0.15) is 0 Å². The number of rotatable bonds is 8. The monoisotopic (exact) mass is 242 g/mol. The van der Waals surface area contributed by atoms with E-state index in [2.05, 4.69) is 17.3 Å². The highest BCUT2D eigenvalue weighted by molar-refractivity contribution is 5.46. The second kappa shape index (κ2) is 8.48. The van der Waals surface area contributed by atoms with Crippen LogP contribution in [0.5, 0.6) is 0 Å². The molecule has 1 saturated carbocycles. The Balaban J connectivity index is 2.12. The van der Waals surface area contributed by atoms with Gasteiger partial charge in [-0.25, -0.2) is 0 Å². The highest BCUT2D eigenvalue weighted by atomic mass is 16.5. The van der Waals surface area contributed by atoms with Gasteiger partial charge in [-0.3, -0.25) is 4.79 Å². The summed E-state index contributed by atoms with van der Waals surface area (Å²) in [5.41, 5.74) is 0. The topological polar surface area (TPSA) is 41.6 Å². The van der Waals surface area contributed by atoms with Crippen LogP contribution in [-0.4, -0.2) is 50.7 Å². The van der Waals surface area contributed by atoms with Gasteiger partial charge in [-0.1, -0.05) is 0 Å². The third-order valence-corrected chi connectivity index (χ3v) is 3.73. The molecule has 1 aliphatic rings. The Hall–Kier alpha value is -0.610. The highest BCUT2D eigenvalue weighted by Gasteiger charge is 2.23. The molecule has 0 aromatic rings. The van der Waals surface area contributed by atoms with E-state index in [9.17, 15) is 4.79 Å². The van der Waals surface area contributed by atoms with Gasteiger partial charge < -0.3 is 15.0 Å². The molecule has 0 aromatic carbocycles. The first-order valence-corrected chi connectivity index (χ1v) is 6.66. The zero-order valence-electron chi connectivity index (χ0n) is 11.2. The molecule has 1 aliphatic carbocycles. The Bertz CT molecular complexity index is 204. The molecular weight excluding hydrogens is 216 g/mol. The molecule has 0 unspecified atom stereocenters. The van der Waals surface area contributed by atoms with E-state index in [1.807, 2.05) is 0 Å². The quantitative estimate of drug-likeness (QED) is 0.517. The van der Waals surface area contributed by atoms with Crippen LogP contribution in [-0.2, 0) is 9.53 Å². The van der Waals surface area contributed by atoms with Crippen molar-refractivity contribution < 1.29 is 9.53 Å². The largest absolute Gasteiger partial charge is 0.385 e. The molecular formula is C13H26N2O2. The first-order valence-electron chi connectivity index (χ1n) is 6.66. The first kappa shape index (κ1) is 14.5. The number of carbonyl (C=O) groups is 1. The maximum atomic E-state index is 10.4. The maximum Gasteiger partial charge on any atom is 0.207 e. The Morgan fingerprint density at radius 2 is 2.00 bits per heavy atom. The van der Waals surface area contributed by atoms with E-state index in [1.165, 1.54) is 19.3 Å². The Labute approximate surface area is 105 Å². The SMILES string of the molecule is COCCCCN(C)C1CCC(NC=O)CC1. The number of ether oxygens (including phenoxy) is 1. The minimum Gasteiger partial charge on any atom is -0.385 e. The molecule has 0 aliphatic heterocycles. The van der Waals surface area contributed by atoms with E-state index in [0.717, 1.165) is 38.8 Å². The molecule has 4 nitrogen and oxygen atoms in total. The lowest BCUT2D eigenvalue weighted by atomic mass is 9.90. The molecule has 0 heterocycles. The van der Waals surface area contributed by atoms with E-state index in [0.29, 0.717) is 12.1 Å². The zero-order valence-corrected chi connectivity index (χ0v) is 11.2. The Morgan fingerprint density at radius 3 is 2.59 bits per heavy atom. The number of methoxy groups -OCH3 is 1. The number of hydrogen-bond donors (Lipinski definition) is 1. The summed E-state index contributed by atoms with van der Waals surface area (Å²) in [5.74, 6) is 0. The molecule has 1 amide bonds. The maximum absolute atomic E-state index is 10.4. The zero-order chi connectivity index (χ0) is 12.5. The second-order valence-corrected chi connectivity index (χ2v) is 4.97. The van der Waals surface area contributed by atoms with Crippen LogP contribution in [0, 0.1) is 0 Å². The number of unbranched alkanes of at least 4 members (excludes halogenated alkanes) is 1. The molecule has 17 heavy (non-hydrogen) atoms. The van der Waals surface area contributed by atoms with Crippen LogP contribution in [0.4, 0.5) is 0 Å². The first-order chi connectivity index (χ1) is 8.27. The third kappa shape index (κ3) is 5.50. The minimum absolute atomic E-state index is 0.408. The van der Waals surface area contributed by atoms with Crippen molar-refractivity contribution in [3.63, 3.8) is 0 Å². The van der Waals surface area contributed by atoms with E-state index < -0.39 is 0 Å². The lowest BCUT2D eigenvalue weighted by Crippen LogP contribution is -2.40. The highest BCUT2D eigenvalue weighted by Crippen LogP contribution is 2.22. The summed E-state index contributed by atoms with van der Waals surface area (Å²) in [6.45, 7) is 2.02. The van der Waals surface area contributed by atoms with Crippen LogP contribution < -0.4 is 5.32 Å². The number of carbonyl (C=O) groups excluding carboxylic acids is 1. The van der Waals surface area contributed by atoms with Crippen LogP contribution in [0.3, 0.4) is 0 Å².